The average Bonchev–Trinajstić information content (AvgIpc) is 2.11. The van der Waals surface area contributed by atoms with Gasteiger partial charge in [-0.1, -0.05) is 0 Å². The van der Waals surface area contributed by atoms with Gasteiger partial charge in [0.2, 0.25) is 0 Å². The van der Waals surface area contributed by atoms with Gasteiger partial charge in [0.15, 0.2) is 5.75 Å². The van der Waals surface area contributed by atoms with Crippen molar-refractivity contribution in [3.8, 4) is 5.75 Å². The van der Waals surface area contributed by atoms with Crippen molar-refractivity contribution in [3.63, 3.8) is 0 Å². The van der Waals surface area contributed by atoms with E-state index >= 15 is 0 Å². The molecule has 0 saturated carbocycles. The number of aromatic hydroxyl groups is 1. The first kappa shape index (κ1) is 14.3. The lowest BCUT2D eigenvalue weighted by molar-refractivity contribution is 0.00694. The van der Waals surface area contributed by atoms with Crippen LogP contribution < -0.4 is 5.73 Å². The van der Waals surface area contributed by atoms with Crippen LogP contribution in [0.4, 0.5) is 5.69 Å². The molecule has 0 aromatic heterocycles. The third-order valence-corrected chi connectivity index (χ3v) is 3.08. The Morgan fingerprint density at radius 3 is 2.35 bits per heavy atom. The number of rotatable bonds is 1. The number of ether oxygens (including phenoxy) is 1. The maximum Gasteiger partial charge on any atom is 0.342 e. The molecule has 0 aliphatic carbocycles. The zero-order valence-corrected chi connectivity index (χ0v) is 12.8. The van der Waals surface area contributed by atoms with Gasteiger partial charge in [0.25, 0.3) is 0 Å². The highest BCUT2D eigenvalue weighted by Gasteiger charge is 2.24. The number of hydrogen-bond acceptors (Lipinski definition) is 4. The van der Waals surface area contributed by atoms with Gasteiger partial charge in [0.1, 0.15) is 11.2 Å². The number of phenolic OH excluding ortho intramolecular Hbond substituents is 1. The third-order valence-electron chi connectivity index (χ3n) is 1.85. The number of anilines is 1. The van der Waals surface area contributed by atoms with Gasteiger partial charge in [0.05, 0.1) is 10.2 Å². The Morgan fingerprint density at radius 2 is 1.88 bits per heavy atom. The molecular weight excluding hydrogens is 354 g/mol. The molecule has 4 nitrogen and oxygen atoms in total. The largest absolute Gasteiger partial charge is 0.505 e. The molecule has 94 valence electrons. The molecule has 0 fully saturated rings. The number of nitrogen functional groups attached to an aromatic ring is 1. The normalized spacial score (nSPS) is 11.4. The lowest BCUT2D eigenvalue weighted by atomic mass is 10.1. The molecule has 0 amide bonds. The van der Waals surface area contributed by atoms with Gasteiger partial charge in [-0.3, -0.25) is 0 Å². The van der Waals surface area contributed by atoms with Crippen molar-refractivity contribution < 1.29 is 14.6 Å². The summed E-state index contributed by atoms with van der Waals surface area (Å²) in [6.07, 6.45) is 0. The van der Waals surface area contributed by atoms with Crippen molar-refractivity contribution >= 4 is 43.5 Å². The van der Waals surface area contributed by atoms with Crippen molar-refractivity contribution in [2.24, 2.45) is 0 Å². The highest BCUT2D eigenvalue weighted by molar-refractivity contribution is 9.11. The second-order valence-electron chi connectivity index (χ2n) is 4.48. The van der Waals surface area contributed by atoms with E-state index in [4.69, 9.17) is 10.5 Å². The molecule has 0 bridgehead atoms. The fourth-order valence-electron chi connectivity index (χ4n) is 1.16. The number of carbonyl (C=O) groups is 1. The number of halogens is 2. The van der Waals surface area contributed by atoms with Crippen LogP contribution in [0.2, 0.25) is 0 Å². The SMILES string of the molecule is CC(C)(C)OC(=O)c1c(Br)cc(Br)c(O)c1N. The van der Waals surface area contributed by atoms with Crippen LogP contribution in [-0.4, -0.2) is 16.7 Å². The van der Waals surface area contributed by atoms with E-state index in [1.165, 1.54) is 0 Å². The summed E-state index contributed by atoms with van der Waals surface area (Å²) in [4.78, 5) is 11.9. The predicted molar refractivity (Wildman–Crippen MR) is 73.1 cm³/mol. The quantitative estimate of drug-likeness (QED) is 0.453. The number of esters is 1. The molecule has 0 atom stereocenters. The molecule has 0 spiro atoms. The second-order valence-corrected chi connectivity index (χ2v) is 6.19. The number of phenols is 1. The smallest absolute Gasteiger partial charge is 0.342 e. The van der Waals surface area contributed by atoms with Crippen molar-refractivity contribution in [1.82, 2.24) is 0 Å². The molecule has 0 radical (unpaired) electrons. The highest BCUT2D eigenvalue weighted by atomic mass is 79.9. The number of carbonyl (C=O) groups excluding carboxylic acids is 1. The Hall–Kier alpha value is -0.750. The summed E-state index contributed by atoms with van der Waals surface area (Å²) < 4.78 is 6.08. The fourth-order valence-corrected chi connectivity index (χ4v) is 2.52. The Balaban J connectivity index is 3.24. The zero-order chi connectivity index (χ0) is 13.4. The third kappa shape index (κ3) is 3.35. The van der Waals surface area contributed by atoms with E-state index in [1.54, 1.807) is 26.8 Å². The Morgan fingerprint density at radius 1 is 1.35 bits per heavy atom. The molecule has 0 aliphatic heterocycles. The predicted octanol–water partition coefficient (Wildman–Crippen LogP) is 3.45. The Labute approximate surface area is 116 Å². The molecule has 0 saturated heterocycles. The monoisotopic (exact) mass is 365 g/mol. The lowest BCUT2D eigenvalue weighted by Crippen LogP contribution is -2.24. The van der Waals surface area contributed by atoms with Crippen molar-refractivity contribution in [2.45, 2.75) is 26.4 Å². The molecule has 0 aliphatic rings. The van der Waals surface area contributed by atoms with Gasteiger partial charge < -0.3 is 15.6 Å². The molecular formula is C11H13Br2NO3. The number of benzene rings is 1. The van der Waals surface area contributed by atoms with Crippen LogP contribution in [0.15, 0.2) is 15.0 Å². The van der Waals surface area contributed by atoms with E-state index in [-0.39, 0.29) is 17.0 Å². The van der Waals surface area contributed by atoms with Crippen LogP contribution in [0.3, 0.4) is 0 Å². The summed E-state index contributed by atoms with van der Waals surface area (Å²) in [7, 11) is 0. The van der Waals surface area contributed by atoms with E-state index in [0.717, 1.165) is 0 Å². The van der Waals surface area contributed by atoms with Crippen LogP contribution in [0.5, 0.6) is 5.75 Å². The first-order valence-electron chi connectivity index (χ1n) is 4.83. The van der Waals surface area contributed by atoms with Crippen LogP contribution in [0.1, 0.15) is 31.1 Å². The number of hydrogen-bond donors (Lipinski definition) is 2. The molecule has 0 heterocycles. The maximum atomic E-state index is 11.9. The van der Waals surface area contributed by atoms with E-state index in [1.807, 2.05) is 0 Å². The minimum absolute atomic E-state index is 0.0134. The van der Waals surface area contributed by atoms with Gasteiger partial charge in [-0.15, -0.1) is 0 Å². The summed E-state index contributed by atoms with van der Waals surface area (Å²) >= 11 is 6.35. The van der Waals surface area contributed by atoms with Gasteiger partial charge in [-0.05, 0) is 58.7 Å². The van der Waals surface area contributed by atoms with Crippen LogP contribution in [0.25, 0.3) is 0 Å². The van der Waals surface area contributed by atoms with Crippen LogP contribution in [0, 0.1) is 0 Å². The summed E-state index contributed by atoms with van der Waals surface area (Å²) in [5.41, 5.74) is 5.19. The zero-order valence-electron chi connectivity index (χ0n) is 9.67. The molecule has 3 N–H and O–H groups in total. The van der Waals surface area contributed by atoms with Crippen LogP contribution >= 0.6 is 31.9 Å². The van der Waals surface area contributed by atoms with Crippen molar-refractivity contribution in [1.29, 1.82) is 0 Å². The van der Waals surface area contributed by atoms with Crippen molar-refractivity contribution in [2.75, 3.05) is 5.73 Å². The topological polar surface area (TPSA) is 72.5 Å². The van der Waals surface area contributed by atoms with Gasteiger partial charge >= 0.3 is 5.97 Å². The van der Waals surface area contributed by atoms with Gasteiger partial charge in [0, 0.05) is 4.47 Å². The Bertz CT molecular complexity index is 467. The van der Waals surface area contributed by atoms with E-state index in [0.29, 0.717) is 8.95 Å². The summed E-state index contributed by atoms with van der Waals surface area (Å²) in [6.45, 7) is 5.27. The minimum Gasteiger partial charge on any atom is -0.505 e. The fraction of sp³-hybridized carbons (Fsp3) is 0.364. The summed E-state index contributed by atoms with van der Waals surface area (Å²) in [6, 6.07) is 1.55. The second kappa shape index (κ2) is 4.86. The molecule has 0 unspecified atom stereocenters. The van der Waals surface area contributed by atoms with E-state index < -0.39 is 11.6 Å². The molecule has 1 aromatic rings. The first-order valence-corrected chi connectivity index (χ1v) is 6.42. The first-order chi connectivity index (χ1) is 7.63. The minimum atomic E-state index is -0.619. The lowest BCUT2D eigenvalue weighted by Gasteiger charge is -2.21. The molecule has 1 aromatic carbocycles. The van der Waals surface area contributed by atoms with Crippen LogP contribution in [-0.2, 0) is 4.74 Å². The maximum absolute atomic E-state index is 11.9. The molecule has 1 rings (SSSR count). The highest BCUT2D eigenvalue weighted by Crippen LogP contribution is 2.38. The molecule has 17 heavy (non-hydrogen) atoms. The standard InChI is InChI=1S/C11H13Br2NO3/c1-11(2,3)17-10(16)7-5(12)4-6(13)9(15)8(7)14/h4,15H,14H2,1-3H3. The summed E-state index contributed by atoms with van der Waals surface area (Å²) in [5, 5.41) is 9.66. The van der Waals surface area contributed by atoms with Gasteiger partial charge in [-0.2, -0.15) is 0 Å². The van der Waals surface area contributed by atoms with E-state index in [2.05, 4.69) is 31.9 Å². The Kier molecular flexibility index (Phi) is 4.09. The molecule has 6 heteroatoms. The van der Waals surface area contributed by atoms with E-state index in [9.17, 15) is 9.90 Å². The van der Waals surface area contributed by atoms with Crippen molar-refractivity contribution in [3.05, 3.63) is 20.6 Å². The average molecular weight is 367 g/mol. The van der Waals surface area contributed by atoms with Gasteiger partial charge in [-0.25, -0.2) is 4.79 Å². The summed E-state index contributed by atoms with van der Waals surface area (Å²) in [5.74, 6) is -0.751. The number of nitrogens with two attached hydrogens (primary N) is 1.